The minimum atomic E-state index is -0.921. The number of hydrogen-bond acceptors (Lipinski definition) is 3. The maximum absolute atomic E-state index is 10.9. The maximum Gasteiger partial charge on any atom is 0.335 e. The predicted octanol–water partition coefficient (Wildman–Crippen LogP) is 3.28. The molecule has 0 unspecified atom stereocenters. The molecule has 0 amide bonds. The Balaban J connectivity index is 1.75. The van der Waals surface area contributed by atoms with E-state index >= 15 is 0 Å². The second-order valence-corrected chi connectivity index (χ2v) is 6.19. The van der Waals surface area contributed by atoms with E-state index in [1.54, 1.807) is 24.3 Å². The van der Waals surface area contributed by atoms with Crippen molar-refractivity contribution in [3.8, 4) is 5.75 Å². The Labute approximate surface area is 126 Å². The van der Waals surface area contributed by atoms with Crippen LogP contribution in [0.2, 0.25) is 0 Å². The van der Waals surface area contributed by atoms with Gasteiger partial charge in [0.2, 0.25) is 0 Å². The van der Waals surface area contributed by atoms with Crippen LogP contribution < -0.4 is 4.74 Å². The lowest BCUT2D eigenvalue weighted by Gasteiger charge is -2.38. The second kappa shape index (κ2) is 6.94. The SMILES string of the molecule is CCC1(C)CCN(CCOc2cccc(C(=O)O)c2)CC1. The maximum atomic E-state index is 10.9. The molecule has 0 saturated carbocycles. The summed E-state index contributed by atoms with van der Waals surface area (Å²) in [5.41, 5.74) is 0.775. The molecular formula is C17H25NO3. The molecule has 1 aromatic rings. The van der Waals surface area contributed by atoms with E-state index in [9.17, 15) is 4.79 Å². The van der Waals surface area contributed by atoms with Crippen LogP contribution in [0.5, 0.6) is 5.75 Å². The highest BCUT2D eigenvalue weighted by Gasteiger charge is 2.27. The van der Waals surface area contributed by atoms with E-state index in [1.807, 2.05) is 0 Å². The third kappa shape index (κ3) is 4.46. The summed E-state index contributed by atoms with van der Waals surface area (Å²) in [5.74, 6) is -0.291. The highest BCUT2D eigenvalue weighted by atomic mass is 16.5. The fourth-order valence-electron chi connectivity index (χ4n) is 2.68. The van der Waals surface area contributed by atoms with Crippen molar-refractivity contribution in [1.82, 2.24) is 4.90 Å². The van der Waals surface area contributed by atoms with Gasteiger partial charge in [0.15, 0.2) is 0 Å². The second-order valence-electron chi connectivity index (χ2n) is 6.19. The van der Waals surface area contributed by atoms with Crippen LogP contribution in [0.25, 0.3) is 0 Å². The van der Waals surface area contributed by atoms with E-state index in [1.165, 1.54) is 19.3 Å². The number of benzene rings is 1. The summed E-state index contributed by atoms with van der Waals surface area (Å²) in [6, 6.07) is 6.67. The Morgan fingerprint density at radius 2 is 2.10 bits per heavy atom. The highest BCUT2D eigenvalue weighted by Crippen LogP contribution is 2.33. The van der Waals surface area contributed by atoms with Crippen molar-refractivity contribution >= 4 is 5.97 Å². The van der Waals surface area contributed by atoms with E-state index in [0.29, 0.717) is 17.8 Å². The molecule has 0 aromatic heterocycles. The first-order valence-electron chi connectivity index (χ1n) is 7.71. The van der Waals surface area contributed by atoms with Gasteiger partial charge in [-0.1, -0.05) is 26.3 Å². The Bertz CT molecular complexity index is 479. The number of likely N-dealkylation sites (tertiary alicyclic amines) is 1. The molecule has 21 heavy (non-hydrogen) atoms. The highest BCUT2D eigenvalue weighted by molar-refractivity contribution is 5.87. The molecule has 4 heteroatoms. The van der Waals surface area contributed by atoms with Crippen LogP contribution in [0, 0.1) is 5.41 Å². The van der Waals surface area contributed by atoms with Crippen LogP contribution in [-0.2, 0) is 0 Å². The fraction of sp³-hybridized carbons (Fsp3) is 0.588. The summed E-state index contributed by atoms with van der Waals surface area (Å²) in [4.78, 5) is 13.3. The molecule has 0 aliphatic carbocycles. The minimum Gasteiger partial charge on any atom is -0.492 e. The van der Waals surface area contributed by atoms with Crippen molar-refractivity contribution in [2.75, 3.05) is 26.2 Å². The van der Waals surface area contributed by atoms with Crippen molar-refractivity contribution in [2.45, 2.75) is 33.1 Å². The van der Waals surface area contributed by atoms with Gasteiger partial charge in [-0.3, -0.25) is 4.90 Å². The van der Waals surface area contributed by atoms with E-state index in [-0.39, 0.29) is 5.56 Å². The van der Waals surface area contributed by atoms with Crippen LogP contribution in [-0.4, -0.2) is 42.2 Å². The minimum absolute atomic E-state index is 0.268. The molecule has 1 saturated heterocycles. The molecule has 1 heterocycles. The first-order valence-corrected chi connectivity index (χ1v) is 7.71. The number of hydrogen-bond donors (Lipinski definition) is 1. The largest absolute Gasteiger partial charge is 0.492 e. The lowest BCUT2D eigenvalue weighted by Crippen LogP contribution is -2.40. The first kappa shape index (κ1) is 15.8. The number of carbonyl (C=O) groups is 1. The fourth-order valence-corrected chi connectivity index (χ4v) is 2.68. The average Bonchev–Trinajstić information content (AvgIpc) is 2.50. The van der Waals surface area contributed by atoms with Gasteiger partial charge in [-0.2, -0.15) is 0 Å². The van der Waals surface area contributed by atoms with Gasteiger partial charge in [-0.15, -0.1) is 0 Å². The molecule has 1 N–H and O–H groups in total. The van der Waals surface area contributed by atoms with Crippen molar-refractivity contribution in [1.29, 1.82) is 0 Å². The molecule has 1 aromatic carbocycles. The number of rotatable bonds is 6. The number of nitrogens with zero attached hydrogens (tertiary/aromatic N) is 1. The smallest absolute Gasteiger partial charge is 0.335 e. The number of carboxylic acids is 1. The number of carboxylic acid groups (broad SMARTS) is 1. The van der Waals surface area contributed by atoms with Crippen molar-refractivity contribution < 1.29 is 14.6 Å². The van der Waals surface area contributed by atoms with Crippen molar-refractivity contribution in [3.05, 3.63) is 29.8 Å². The van der Waals surface area contributed by atoms with E-state index in [4.69, 9.17) is 9.84 Å². The number of ether oxygens (including phenoxy) is 1. The van der Waals surface area contributed by atoms with Crippen LogP contribution in [0.15, 0.2) is 24.3 Å². The quantitative estimate of drug-likeness (QED) is 0.874. The monoisotopic (exact) mass is 291 g/mol. The van der Waals surface area contributed by atoms with Crippen LogP contribution in [0.4, 0.5) is 0 Å². The predicted molar refractivity (Wildman–Crippen MR) is 83.0 cm³/mol. The summed E-state index contributed by atoms with van der Waals surface area (Å²) in [6.45, 7) is 8.40. The normalized spacial score (nSPS) is 18.4. The summed E-state index contributed by atoms with van der Waals surface area (Å²) in [6.07, 6.45) is 3.75. The Morgan fingerprint density at radius 1 is 1.38 bits per heavy atom. The summed E-state index contributed by atoms with van der Waals surface area (Å²) < 4.78 is 5.67. The molecular weight excluding hydrogens is 266 g/mol. The Hall–Kier alpha value is -1.55. The number of piperidine rings is 1. The molecule has 1 aliphatic heterocycles. The number of aromatic carboxylic acids is 1. The van der Waals surface area contributed by atoms with Gasteiger partial charge in [0, 0.05) is 6.54 Å². The Morgan fingerprint density at radius 3 is 2.71 bits per heavy atom. The van der Waals surface area contributed by atoms with Gasteiger partial charge >= 0.3 is 5.97 Å². The third-order valence-electron chi connectivity index (χ3n) is 4.67. The van der Waals surface area contributed by atoms with Crippen LogP contribution in [0.1, 0.15) is 43.5 Å². The van der Waals surface area contributed by atoms with Crippen molar-refractivity contribution in [2.24, 2.45) is 5.41 Å². The van der Waals surface area contributed by atoms with Gasteiger partial charge < -0.3 is 9.84 Å². The molecule has 1 aliphatic rings. The Kier molecular flexibility index (Phi) is 5.23. The lowest BCUT2D eigenvalue weighted by atomic mass is 9.78. The molecule has 0 spiro atoms. The molecule has 2 rings (SSSR count). The van der Waals surface area contributed by atoms with Gasteiger partial charge in [0.1, 0.15) is 12.4 Å². The zero-order valence-electron chi connectivity index (χ0n) is 13.0. The van der Waals surface area contributed by atoms with E-state index in [0.717, 1.165) is 19.6 Å². The molecule has 0 bridgehead atoms. The van der Waals surface area contributed by atoms with Gasteiger partial charge in [-0.25, -0.2) is 4.79 Å². The standard InChI is InChI=1S/C17H25NO3/c1-3-17(2)7-9-18(10-8-17)11-12-21-15-6-4-5-14(13-15)16(19)20/h4-6,13H,3,7-12H2,1-2H3,(H,19,20). The topological polar surface area (TPSA) is 49.8 Å². The van der Waals surface area contributed by atoms with Crippen molar-refractivity contribution in [3.63, 3.8) is 0 Å². The summed E-state index contributed by atoms with van der Waals surface area (Å²) in [7, 11) is 0. The van der Waals surface area contributed by atoms with Crippen LogP contribution in [0.3, 0.4) is 0 Å². The third-order valence-corrected chi connectivity index (χ3v) is 4.67. The van der Waals surface area contributed by atoms with Gasteiger partial charge in [-0.05, 0) is 49.5 Å². The molecule has 116 valence electrons. The average molecular weight is 291 g/mol. The first-order chi connectivity index (χ1) is 10.0. The molecule has 1 fully saturated rings. The summed E-state index contributed by atoms with van der Waals surface area (Å²) >= 11 is 0. The van der Waals surface area contributed by atoms with E-state index < -0.39 is 5.97 Å². The lowest BCUT2D eigenvalue weighted by molar-refractivity contribution is 0.0696. The molecule has 0 atom stereocenters. The van der Waals surface area contributed by atoms with Crippen LogP contribution >= 0.6 is 0 Å². The molecule has 4 nitrogen and oxygen atoms in total. The zero-order valence-corrected chi connectivity index (χ0v) is 13.0. The summed E-state index contributed by atoms with van der Waals surface area (Å²) in [5, 5.41) is 8.95. The van der Waals surface area contributed by atoms with E-state index in [2.05, 4.69) is 18.7 Å². The zero-order chi connectivity index (χ0) is 15.3. The molecule has 0 radical (unpaired) electrons. The van der Waals surface area contributed by atoms with Gasteiger partial charge in [0.05, 0.1) is 5.56 Å². The van der Waals surface area contributed by atoms with Gasteiger partial charge in [0.25, 0.3) is 0 Å².